The zero-order valence-electron chi connectivity index (χ0n) is 14.0. The van der Waals surface area contributed by atoms with E-state index in [-0.39, 0.29) is 36.1 Å². The van der Waals surface area contributed by atoms with Gasteiger partial charge in [-0.05, 0) is 43.3 Å². The van der Waals surface area contributed by atoms with Crippen LogP contribution in [0.1, 0.15) is 17.3 Å². The Morgan fingerprint density at radius 2 is 1.62 bits per heavy atom. The van der Waals surface area contributed by atoms with E-state index in [0.717, 1.165) is 6.07 Å². The van der Waals surface area contributed by atoms with Gasteiger partial charge in [-0.2, -0.15) is 0 Å². The maximum absolute atomic E-state index is 12.0. The average Bonchev–Trinajstić information content (AvgIpc) is 2.59. The van der Waals surface area contributed by atoms with Gasteiger partial charge >= 0.3 is 0 Å². The lowest BCUT2D eigenvalue weighted by molar-refractivity contribution is -0.127. The Bertz CT molecular complexity index is 759. The van der Waals surface area contributed by atoms with E-state index in [1.54, 1.807) is 31.2 Å². The van der Waals surface area contributed by atoms with Crippen LogP contribution >= 0.6 is 11.6 Å². The number of carbonyl (C=O) groups excluding carboxylic acids is 2. The van der Waals surface area contributed by atoms with Crippen LogP contribution in [0.5, 0.6) is 17.2 Å². The molecule has 0 saturated carbocycles. The van der Waals surface area contributed by atoms with Gasteiger partial charge in [0.25, 0.3) is 11.8 Å². The molecule has 2 amide bonds. The van der Waals surface area contributed by atoms with Crippen molar-refractivity contribution in [3.05, 3.63) is 53.1 Å². The van der Waals surface area contributed by atoms with Crippen LogP contribution in [-0.4, -0.2) is 41.2 Å². The van der Waals surface area contributed by atoms with Crippen LogP contribution < -0.4 is 15.4 Å². The van der Waals surface area contributed by atoms with Crippen molar-refractivity contribution in [1.82, 2.24) is 10.6 Å². The summed E-state index contributed by atoms with van der Waals surface area (Å²) in [5.41, 5.74) is 0.119. The number of rotatable bonds is 7. The van der Waals surface area contributed by atoms with Gasteiger partial charge in [-0.25, -0.2) is 0 Å². The van der Waals surface area contributed by atoms with Gasteiger partial charge in [0.2, 0.25) is 0 Å². The Morgan fingerprint density at radius 3 is 2.23 bits per heavy atom. The van der Waals surface area contributed by atoms with Crippen molar-refractivity contribution in [2.75, 3.05) is 13.1 Å². The summed E-state index contributed by atoms with van der Waals surface area (Å²) in [7, 11) is 0. The second-order valence-electron chi connectivity index (χ2n) is 5.50. The number of halogens is 1. The second-order valence-corrected chi connectivity index (χ2v) is 5.94. The highest BCUT2D eigenvalue weighted by atomic mass is 35.5. The molecule has 0 heterocycles. The van der Waals surface area contributed by atoms with Crippen LogP contribution in [0.3, 0.4) is 0 Å². The molecule has 0 aromatic heterocycles. The molecule has 2 aromatic rings. The molecule has 1 atom stereocenters. The van der Waals surface area contributed by atoms with E-state index >= 15 is 0 Å². The molecule has 0 saturated heterocycles. The van der Waals surface area contributed by atoms with E-state index < -0.39 is 12.0 Å². The van der Waals surface area contributed by atoms with Crippen LogP contribution in [0.2, 0.25) is 5.02 Å². The third-order valence-electron chi connectivity index (χ3n) is 3.37. The monoisotopic (exact) mass is 378 g/mol. The molecular formula is C18H19ClN2O5. The SMILES string of the molecule is CC(Oc1ccc(Cl)cc1)C(=O)NCCNC(=O)c1cc(O)cc(O)c1. The standard InChI is InChI=1S/C18H19ClN2O5/c1-11(26-16-4-2-13(19)3-5-16)17(24)20-6-7-21-18(25)12-8-14(22)10-15(23)9-12/h2-5,8-11,22-23H,6-7H2,1H3,(H,20,24)(H,21,25). The highest BCUT2D eigenvalue weighted by Gasteiger charge is 2.14. The van der Waals surface area contributed by atoms with Gasteiger partial charge in [-0.3, -0.25) is 9.59 Å². The molecule has 138 valence electrons. The molecular weight excluding hydrogens is 360 g/mol. The minimum Gasteiger partial charge on any atom is -0.508 e. The van der Waals surface area contributed by atoms with Crippen LogP contribution in [0, 0.1) is 0 Å². The zero-order valence-corrected chi connectivity index (χ0v) is 14.8. The number of phenolic OH excluding ortho intramolecular Hbond substituents is 2. The van der Waals surface area contributed by atoms with Gasteiger partial charge in [-0.15, -0.1) is 0 Å². The lowest BCUT2D eigenvalue weighted by Crippen LogP contribution is -2.40. The molecule has 0 aliphatic rings. The van der Waals surface area contributed by atoms with Crippen molar-refractivity contribution in [2.45, 2.75) is 13.0 Å². The van der Waals surface area contributed by atoms with E-state index in [2.05, 4.69) is 10.6 Å². The smallest absolute Gasteiger partial charge is 0.260 e. The molecule has 0 radical (unpaired) electrons. The molecule has 1 unspecified atom stereocenters. The Morgan fingerprint density at radius 1 is 1.04 bits per heavy atom. The number of ether oxygens (including phenoxy) is 1. The molecule has 2 aromatic carbocycles. The first-order valence-electron chi connectivity index (χ1n) is 7.86. The average molecular weight is 379 g/mol. The zero-order chi connectivity index (χ0) is 19.1. The van der Waals surface area contributed by atoms with E-state index in [9.17, 15) is 19.8 Å². The van der Waals surface area contributed by atoms with Crippen molar-refractivity contribution >= 4 is 23.4 Å². The summed E-state index contributed by atoms with van der Waals surface area (Å²) in [5.74, 6) is -0.706. The van der Waals surface area contributed by atoms with Gasteiger partial charge in [0.1, 0.15) is 17.2 Å². The summed E-state index contributed by atoms with van der Waals surface area (Å²) in [6.07, 6.45) is -0.713. The molecule has 0 fully saturated rings. The number of amides is 2. The lowest BCUT2D eigenvalue weighted by Gasteiger charge is -2.15. The maximum atomic E-state index is 12.0. The van der Waals surface area contributed by atoms with E-state index in [4.69, 9.17) is 16.3 Å². The predicted molar refractivity (Wildman–Crippen MR) is 96.7 cm³/mol. The van der Waals surface area contributed by atoms with Crippen molar-refractivity contribution in [3.63, 3.8) is 0 Å². The Hall–Kier alpha value is -2.93. The van der Waals surface area contributed by atoms with E-state index in [1.165, 1.54) is 12.1 Å². The molecule has 7 nitrogen and oxygen atoms in total. The molecule has 26 heavy (non-hydrogen) atoms. The number of hydrogen-bond donors (Lipinski definition) is 4. The summed E-state index contributed by atoms with van der Waals surface area (Å²) >= 11 is 5.79. The van der Waals surface area contributed by atoms with Crippen LogP contribution in [0.25, 0.3) is 0 Å². The van der Waals surface area contributed by atoms with E-state index in [0.29, 0.717) is 10.8 Å². The maximum Gasteiger partial charge on any atom is 0.260 e. The summed E-state index contributed by atoms with van der Waals surface area (Å²) < 4.78 is 5.49. The molecule has 0 aliphatic carbocycles. The van der Waals surface area contributed by atoms with Gasteiger partial charge in [-0.1, -0.05) is 11.6 Å². The third-order valence-corrected chi connectivity index (χ3v) is 3.62. The molecule has 0 aliphatic heterocycles. The minimum absolute atomic E-state index is 0.119. The van der Waals surface area contributed by atoms with Crippen LogP contribution in [0.4, 0.5) is 0 Å². The topological polar surface area (TPSA) is 108 Å². The summed E-state index contributed by atoms with van der Waals surface area (Å²) in [6, 6.07) is 10.2. The first-order chi connectivity index (χ1) is 12.3. The highest BCUT2D eigenvalue weighted by molar-refractivity contribution is 6.30. The number of phenols is 2. The van der Waals surface area contributed by atoms with Gasteiger partial charge in [0.15, 0.2) is 6.10 Å². The summed E-state index contributed by atoms with van der Waals surface area (Å²) in [4.78, 5) is 23.9. The number of nitrogens with one attached hydrogen (secondary N) is 2. The fourth-order valence-corrected chi connectivity index (χ4v) is 2.23. The molecule has 0 spiro atoms. The van der Waals surface area contributed by atoms with Gasteiger partial charge < -0.3 is 25.6 Å². The van der Waals surface area contributed by atoms with Crippen molar-refractivity contribution in [3.8, 4) is 17.2 Å². The molecule has 2 rings (SSSR count). The molecule has 4 N–H and O–H groups in total. The Balaban J connectivity index is 1.73. The van der Waals surface area contributed by atoms with Gasteiger partial charge in [0, 0.05) is 29.7 Å². The van der Waals surface area contributed by atoms with Crippen molar-refractivity contribution in [1.29, 1.82) is 0 Å². The van der Waals surface area contributed by atoms with Crippen LogP contribution in [-0.2, 0) is 4.79 Å². The van der Waals surface area contributed by atoms with Crippen molar-refractivity contribution < 1.29 is 24.5 Å². The normalized spacial score (nSPS) is 11.5. The van der Waals surface area contributed by atoms with Crippen LogP contribution in [0.15, 0.2) is 42.5 Å². The van der Waals surface area contributed by atoms with E-state index in [1.807, 2.05) is 0 Å². The molecule has 0 bridgehead atoms. The predicted octanol–water partition coefficient (Wildman–Crippen LogP) is 2.06. The summed E-state index contributed by atoms with van der Waals surface area (Å²) in [5, 5.41) is 24.5. The van der Waals surface area contributed by atoms with Gasteiger partial charge in [0.05, 0.1) is 0 Å². The highest BCUT2D eigenvalue weighted by Crippen LogP contribution is 2.20. The Labute approximate surface area is 155 Å². The fourth-order valence-electron chi connectivity index (χ4n) is 2.10. The summed E-state index contributed by atoms with van der Waals surface area (Å²) in [6.45, 7) is 1.98. The fraction of sp³-hybridized carbons (Fsp3) is 0.222. The first-order valence-corrected chi connectivity index (χ1v) is 8.24. The molecule has 8 heteroatoms. The minimum atomic E-state index is -0.713. The quantitative estimate of drug-likeness (QED) is 0.552. The number of benzene rings is 2. The Kier molecular flexibility index (Phi) is 6.68. The van der Waals surface area contributed by atoms with Crippen molar-refractivity contribution in [2.24, 2.45) is 0 Å². The number of hydrogen-bond acceptors (Lipinski definition) is 5. The first kappa shape index (κ1) is 19.4. The third kappa shape index (κ3) is 5.86. The number of carbonyl (C=O) groups is 2. The second kappa shape index (κ2) is 8.96. The number of aromatic hydroxyl groups is 2. The lowest BCUT2D eigenvalue weighted by atomic mass is 10.2. The largest absolute Gasteiger partial charge is 0.508 e.